The summed E-state index contributed by atoms with van der Waals surface area (Å²) in [4.78, 5) is 0.174. The summed E-state index contributed by atoms with van der Waals surface area (Å²) in [5.74, 6) is 0.451. The highest BCUT2D eigenvalue weighted by Crippen LogP contribution is 2.46. The van der Waals surface area contributed by atoms with E-state index in [2.05, 4.69) is 0 Å². The zero-order valence-corrected chi connectivity index (χ0v) is 14.7. The summed E-state index contributed by atoms with van der Waals surface area (Å²) in [6, 6.07) is 4.52. The van der Waals surface area contributed by atoms with Gasteiger partial charge in [0.1, 0.15) is 5.75 Å². The van der Waals surface area contributed by atoms with Gasteiger partial charge in [0.25, 0.3) is 0 Å². The van der Waals surface area contributed by atoms with Crippen molar-refractivity contribution in [1.29, 1.82) is 0 Å². The number of sulfonamides is 1. The van der Waals surface area contributed by atoms with Gasteiger partial charge in [-0.25, -0.2) is 8.42 Å². The summed E-state index contributed by atoms with van der Waals surface area (Å²) in [7, 11) is -2.12. The van der Waals surface area contributed by atoms with E-state index < -0.39 is 16.1 Å². The van der Waals surface area contributed by atoms with E-state index in [9.17, 15) is 13.5 Å². The predicted molar refractivity (Wildman–Crippen MR) is 88.3 cm³/mol. The van der Waals surface area contributed by atoms with Crippen LogP contribution < -0.4 is 4.74 Å². The molecule has 1 aliphatic heterocycles. The van der Waals surface area contributed by atoms with Crippen LogP contribution in [0.1, 0.15) is 32.1 Å². The minimum absolute atomic E-state index is 0.174. The molecule has 0 aromatic heterocycles. The quantitative estimate of drug-likeness (QED) is 0.901. The third kappa shape index (κ3) is 2.97. The Morgan fingerprint density at radius 3 is 2.70 bits per heavy atom. The topological polar surface area (TPSA) is 66.8 Å². The molecule has 1 heterocycles. The highest BCUT2D eigenvalue weighted by Gasteiger charge is 2.47. The van der Waals surface area contributed by atoms with Gasteiger partial charge in [-0.1, -0.05) is 18.0 Å². The number of hydrogen-bond acceptors (Lipinski definition) is 4. The number of halogens is 1. The van der Waals surface area contributed by atoms with Gasteiger partial charge < -0.3 is 9.84 Å². The zero-order chi connectivity index (χ0) is 16.7. The van der Waals surface area contributed by atoms with Gasteiger partial charge in [-0.05, 0) is 43.9 Å². The van der Waals surface area contributed by atoms with Gasteiger partial charge in [-0.2, -0.15) is 4.31 Å². The molecule has 1 saturated carbocycles. The van der Waals surface area contributed by atoms with E-state index in [1.165, 1.54) is 23.5 Å². The lowest BCUT2D eigenvalue weighted by Gasteiger charge is -2.41. The third-order valence-electron chi connectivity index (χ3n) is 5.19. The lowest BCUT2D eigenvalue weighted by Crippen LogP contribution is -2.49. The number of methoxy groups -OCH3 is 1. The van der Waals surface area contributed by atoms with Gasteiger partial charge in [-0.3, -0.25) is 0 Å². The van der Waals surface area contributed by atoms with Crippen LogP contribution in [0.3, 0.4) is 0 Å². The van der Waals surface area contributed by atoms with E-state index in [4.69, 9.17) is 16.3 Å². The largest absolute Gasteiger partial charge is 0.495 e. The molecule has 1 unspecified atom stereocenters. The molecule has 1 N–H and O–H groups in total. The van der Waals surface area contributed by atoms with E-state index in [1.54, 1.807) is 6.07 Å². The highest BCUT2D eigenvalue weighted by molar-refractivity contribution is 7.89. The number of aliphatic hydroxyl groups excluding tert-OH is 1. The second-order valence-electron chi connectivity index (χ2n) is 6.51. The summed E-state index contributed by atoms with van der Waals surface area (Å²) >= 11 is 6.07. The van der Waals surface area contributed by atoms with Crippen molar-refractivity contribution in [3.8, 4) is 5.75 Å². The van der Waals surface area contributed by atoms with Crippen LogP contribution in [0.5, 0.6) is 5.75 Å². The first-order chi connectivity index (χ1) is 10.9. The maximum Gasteiger partial charge on any atom is 0.243 e. The van der Waals surface area contributed by atoms with Gasteiger partial charge >= 0.3 is 0 Å². The molecular formula is C16H22ClNO4S. The number of ether oxygens (including phenoxy) is 1. The maximum atomic E-state index is 12.9. The van der Waals surface area contributed by atoms with Gasteiger partial charge in [0.15, 0.2) is 0 Å². The van der Waals surface area contributed by atoms with Crippen LogP contribution in [0.2, 0.25) is 5.02 Å². The molecule has 0 radical (unpaired) electrons. The van der Waals surface area contributed by atoms with E-state index in [-0.39, 0.29) is 15.3 Å². The number of hydrogen-bond donors (Lipinski definition) is 1. The average Bonchev–Trinajstić information content (AvgIpc) is 2.87. The molecule has 0 amide bonds. The van der Waals surface area contributed by atoms with Crippen molar-refractivity contribution in [2.45, 2.75) is 43.1 Å². The Balaban J connectivity index is 1.89. The molecule has 3 rings (SSSR count). The average molecular weight is 360 g/mol. The number of rotatable bonds is 3. The van der Waals surface area contributed by atoms with Crippen LogP contribution in [-0.4, -0.2) is 44.1 Å². The van der Waals surface area contributed by atoms with Gasteiger partial charge in [0, 0.05) is 18.5 Å². The second-order valence-corrected chi connectivity index (χ2v) is 8.85. The molecule has 1 spiro atoms. The lowest BCUT2D eigenvalue weighted by molar-refractivity contribution is 0.0127. The molecule has 23 heavy (non-hydrogen) atoms. The summed E-state index contributed by atoms with van der Waals surface area (Å²) in [6.45, 7) is 0.876. The number of aliphatic hydroxyl groups is 1. The molecule has 1 aromatic rings. The van der Waals surface area contributed by atoms with E-state index >= 15 is 0 Å². The van der Waals surface area contributed by atoms with Crippen molar-refractivity contribution in [3.63, 3.8) is 0 Å². The Kier molecular flexibility index (Phi) is 4.62. The van der Waals surface area contributed by atoms with Crippen molar-refractivity contribution in [1.82, 2.24) is 4.31 Å². The lowest BCUT2D eigenvalue weighted by atomic mass is 9.77. The molecule has 128 valence electrons. The fourth-order valence-corrected chi connectivity index (χ4v) is 5.80. The summed E-state index contributed by atoms with van der Waals surface area (Å²) in [5, 5.41) is 10.6. The molecule has 1 saturated heterocycles. The molecule has 2 aliphatic rings. The smallest absolute Gasteiger partial charge is 0.243 e. The highest BCUT2D eigenvalue weighted by atomic mass is 35.5. The molecule has 1 aliphatic carbocycles. The molecule has 7 heteroatoms. The predicted octanol–water partition coefficient (Wildman–Crippen LogP) is 2.66. The summed E-state index contributed by atoms with van der Waals surface area (Å²) in [5.41, 5.74) is -0.276. The van der Waals surface area contributed by atoms with Crippen molar-refractivity contribution in [3.05, 3.63) is 23.2 Å². The molecule has 2 fully saturated rings. The minimum Gasteiger partial charge on any atom is -0.495 e. The van der Waals surface area contributed by atoms with Crippen LogP contribution in [-0.2, 0) is 10.0 Å². The van der Waals surface area contributed by atoms with Crippen molar-refractivity contribution < 1.29 is 18.3 Å². The second kappa shape index (κ2) is 6.24. The summed E-state index contributed by atoms with van der Waals surface area (Å²) < 4.78 is 32.4. The fourth-order valence-electron chi connectivity index (χ4n) is 3.87. The van der Waals surface area contributed by atoms with Crippen LogP contribution in [0.25, 0.3) is 0 Å². The number of benzene rings is 1. The van der Waals surface area contributed by atoms with Crippen LogP contribution >= 0.6 is 11.6 Å². The monoisotopic (exact) mass is 359 g/mol. The van der Waals surface area contributed by atoms with E-state index in [0.29, 0.717) is 18.8 Å². The Morgan fingerprint density at radius 2 is 2.09 bits per heavy atom. The van der Waals surface area contributed by atoms with Crippen LogP contribution in [0, 0.1) is 5.41 Å². The SMILES string of the molecule is COc1ccc(S(=O)(=O)N2CCC[C@]3(CCCC3O)C2)cc1Cl. The summed E-state index contributed by atoms with van der Waals surface area (Å²) in [6.07, 6.45) is 3.89. The Labute approximate surface area is 142 Å². The Hall–Kier alpha value is -0.820. The van der Waals surface area contributed by atoms with E-state index in [0.717, 1.165) is 32.1 Å². The first-order valence-corrected chi connectivity index (χ1v) is 9.73. The van der Waals surface area contributed by atoms with Gasteiger partial charge in [-0.15, -0.1) is 0 Å². The van der Waals surface area contributed by atoms with Crippen molar-refractivity contribution in [2.75, 3.05) is 20.2 Å². The van der Waals surface area contributed by atoms with Gasteiger partial charge in [0.2, 0.25) is 10.0 Å². The number of nitrogens with zero attached hydrogens (tertiary/aromatic N) is 1. The first kappa shape index (κ1) is 17.0. The zero-order valence-electron chi connectivity index (χ0n) is 13.2. The molecule has 0 bridgehead atoms. The third-order valence-corrected chi connectivity index (χ3v) is 7.33. The maximum absolute atomic E-state index is 12.9. The number of piperidine rings is 1. The van der Waals surface area contributed by atoms with Crippen LogP contribution in [0.15, 0.2) is 23.1 Å². The minimum atomic E-state index is -3.61. The standard InChI is InChI=1S/C16H22ClNO4S/c1-22-14-6-5-12(10-13(14)17)23(20,21)18-9-3-8-16(11-18)7-2-4-15(16)19/h5-6,10,15,19H,2-4,7-9,11H2,1H3/t15?,16-/m1/s1. The van der Waals surface area contributed by atoms with E-state index in [1.807, 2.05) is 0 Å². The van der Waals surface area contributed by atoms with Crippen molar-refractivity contribution >= 4 is 21.6 Å². The Bertz CT molecular complexity index is 693. The first-order valence-electron chi connectivity index (χ1n) is 7.91. The van der Waals surface area contributed by atoms with Crippen molar-refractivity contribution in [2.24, 2.45) is 5.41 Å². The molecular weight excluding hydrogens is 338 g/mol. The molecule has 2 atom stereocenters. The fraction of sp³-hybridized carbons (Fsp3) is 0.625. The van der Waals surface area contributed by atoms with Crippen LogP contribution in [0.4, 0.5) is 0 Å². The normalized spacial score (nSPS) is 29.1. The Morgan fingerprint density at radius 1 is 1.35 bits per heavy atom. The van der Waals surface area contributed by atoms with Gasteiger partial charge in [0.05, 0.1) is 23.1 Å². The molecule has 5 nitrogen and oxygen atoms in total. The molecule has 1 aromatic carbocycles.